The number of hydrogen-bond acceptors (Lipinski definition) is 4. The average Bonchev–Trinajstić information content (AvgIpc) is 3.28. The fraction of sp³-hybridized carbons (Fsp3) is 0.556. The Balaban J connectivity index is 1.93. The molecule has 0 spiro atoms. The Hall–Kier alpha value is -2.04. The van der Waals surface area contributed by atoms with Crippen LogP contribution in [0.3, 0.4) is 0 Å². The van der Waals surface area contributed by atoms with E-state index in [2.05, 4.69) is 5.32 Å². The molecule has 1 aliphatic carbocycles. The molecule has 0 saturated heterocycles. The van der Waals surface area contributed by atoms with Crippen molar-refractivity contribution in [3.63, 3.8) is 0 Å². The van der Waals surface area contributed by atoms with Crippen molar-refractivity contribution in [2.75, 3.05) is 10.2 Å². The number of hydrogen-bond donors (Lipinski definition) is 1. The van der Waals surface area contributed by atoms with Crippen molar-refractivity contribution >= 4 is 23.3 Å². The van der Waals surface area contributed by atoms with Crippen molar-refractivity contribution in [3.05, 3.63) is 23.8 Å². The fourth-order valence-electron chi connectivity index (χ4n) is 2.85. The summed E-state index contributed by atoms with van der Waals surface area (Å²) in [4.78, 5) is 26.7. The molecule has 1 saturated carbocycles. The second-order valence-corrected chi connectivity index (χ2v) is 7.28. The van der Waals surface area contributed by atoms with Crippen LogP contribution in [0.25, 0.3) is 0 Å². The van der Waals surface area contributed by atoms with Gasteiger partial charge >= 0.3 is 5.97 Å². The van der Waals surface area contributed by atoms with Crippen LogP contribution >= 0.6 is 0 Å². The van der Waals surface area contributed by atoms with Crippen LogP contribution in [0.5, 0.6) is 0 Å². The highest BCUT2D eigenvalue weighted by Gasteiger charge is 2.40. The van der Waals surface area contributed by atoms with E-state index in [1.165, 1.54) is 0 Å². The van der Waals surface area contributed by atoms with Crippen molar-refractivity contribution < 1.29 is 14.3 Å². The van der Waals surface area contributed by atoms with Crippen molar-refractivity contribution in [2.45, 2.75) is 64.6 Å². The van der Waals surface area contributed by atoms with Crippen LogP contribution in [-0.4, -0.2) is 29.6 Å². The molecule has 1 aromatic rings. The summed E-state index contributed by atoms with van der Waals surface area (Å²) in [6.45, 7) is 7.54. The van der Waals surface area contributed by atoms with Crippen molar-refractivity contribution in [1.82, 2.24) is 0 Å². The first-order valence-electron chi connectivity index (χ1n) is 8.27. The normalized spacial score (nSPS) is 20.8. The summed E-state index contributed by atoms with van der Waals surface area (Å²) in [5.41, 5.74) is 1.69. The minimum absolute atomic E-state index is 0.132. The number of carbonyl (C=O) groups excluding carboxylic acids is 2. The van der Waals surface area contributed by atoms with E-state index in [1.807, 2.05) is 38.7 Å². The van der Waals surface area contributed by atoms with Gasteiger partial charge in [0.15, 0.2) is 0 Å². The second kappa shape index (κ2) is 5.55. The monoisotopic (exact) mass is 316 g/mol. The molecule has 1 aromatic carbocycles. The Morgan fingerprint density at radius 3 is 2.61 bits per heavy atom. The topological polar surface area (TPSA) is 58.6 Å². The van der Waals surface area contributed by atoms with Gasteiger partial charge in [0, 0.05) is 6.04 Å². The first-order chi connectivity index (χ1) is 10.8. The predicted molar refractivity (Wildman–Crippen MR) is 89.8 cm³/mol. The number of nitrogens with zero attached hydrogens (tertiary/aromatic N) is 1. The van der Waals surface area contributed by atoms with E-state index in [0.717, 1.165) is 30.6 Å². The molecule has 1 heterocycles. The molecule has 0 bridgehead atoms. The Bertz CT molecular complexity index is 644. The highest BCUT2D eigenvalue weighted by atomic mass is 16.6. The summed E-state index contributed by atoms with van der Waals surface area (Å²) in [6.07, 6.45) is 2.82. The van der Waals surface area contributed by atoms with Gasteiger partial charge < -0.3 is 15.0 Å². The Labute approximate surface area is 137 Å². The molecule has 1 fully saturated rings. The molecule has 5 nitrogen and oxygen atoms in total. The second-order valence-electron chi connectivity index (χ2n) is 7.28. The lowest BCUT2D eigenvalue weighted by molar-refractivity contribution is -0.119. The third-order valence-electron chi connectivity index (χ3n) is 4.08. The van der Waals surface area contributed by atoms with Crippen molar-refractivity contribution in [1.29, 1.82) is 0 Å². The van der Waals surface area contributed by atoms with Gasteiger partial charge in [-0.1, -0.05) is 6.92 Å². The number of fused-ring (bicyclic) bond motifs is 1. The molecule has 3 rings (SSSR count). The van der Waals surface area contributed by atoms with Crippen LogP contribution in [0, 0.1) is 0 Å². The predicted octanol–water partition coefficient (Wildman–Crippen LogP) is 3.34. The molecule has 1 aliphatic heterocycles. The van der Waals surface area contributed by atoms with Crippen LogP contribution in [0.4, 0.5) is 11.4 Å². The summed E-state index contributed by atoms with van der Waals surface area (Å²) in [5.74, 6) is -0.211. The smallest absolute Gasteiger partial charge is 0.338 e. The lowest BCUT2D eigenvalue weighted by Crippen LogP contribution is -2.48. The lowest BCUT2D eigenvalue weighted by atomic mass is 10.0. The van der Waals surface area contributed by atoms with Gasteiger partial charge in [0.1, 0.15) is 11.6 Å². The van der Waals surface area contributed by atoms with E-state index in [-0.39, 0.29) is 17.9 Å². The number of benzene rings is 1. The molecule has 23 heavy (non-hydrogen) atoms. The summed E-state index contributed by atoms with van der Waals surface area (Å²) in [6, 6.07) is 5.47. The van der Waals surface area contributed by atoms with Crippen LogP contribution in [0.1, 0.15) is 57.3 Å². The highest BCUT2D eigenvalue weighted by molar-refractivity contribution is 6.06. The number of carbonyl (C=O) groups is 2. The minimum atomic E-state index is -0.525. The average molecular weight is 316 g/mol. The van der Waals surface area contributed by atoms with E-state index in [1.54, 1.807) is 12.1 Å². The number of esters is 1. The molecule has 1 amide bonds. The summed E-state index contributed by atoms with van der Waals surface area (Å²) in [5, 5.41) is 3.27. The SMILES string of the molecule is CCC1Nc2cc(C(=O)OC(C)(C)C)ccc2N(C2CC2)C1=O. The van der Waals surface area contributed by atoms with Crippen LogP contribution in [0.2, 0.25) is 0 Å². The standard InChI is InChI=1S/C18H24N2O3/c1-5-13-16(21)20(12-7-8-12)15-9-6-11(10-14(15)19-13)17(22)23-18(2,3)4/h6,9-10,12-13,19H,5,7-8H2,1-4H3. The van der Waals surface area contributed by atoms with Gasteiger partial charge in [0.05, 0.1) is 16.9 Å². The molecule has 1 unspecified atom stereocenters. The maximum absolute atomic E-state index is 12.6. The van der Waals surface area contributed by atoms with Crippen LogP contribution in [-0.2, 0) is 9.53 Å². The number of ether oxygens (including phenoxy) is 1. The van der Waals surface area contributed by atoms with Gasteiger partial charge in [-0.3, -0.25) is 4.79 Å². The largest absolute Gasteiger partial charge is 0.456 e. The van der Waals surface area contributed by atoms with E-state index >= 15 is 0 Å². The maximum Gasteiger partial charge on any atom is 0.338 e. The van der Waals surface area contributed by atoms with Gasteiger partial charge in [0.25, 0.3) is 0 Å². The molecular weight excluding hydrogens is 292 g/mol. The minimum Gasteiger partial charge on any atom is -0.456 e. The van der Waals surface area contributed by atoms with Gasteiger partial charge in [-0.25, -0.2) is 4.79 Å². The van der Waals surface area contributed by atoms with Crippen LogP contribution in [0.15, 0.2) is 18.2 Å². The van der Waals surface area contributed by atoms with E-state index in [4.69, 9.17) is 4.74 Å². The number of nitrogens with one attached hydrogen (secondary N) is 1. The maximum atomic E-state index is 12.6. The lowest BCUT2D eigenvalue weighted by Gasteiger charge is -2.35. The number of rotatable bonds is 3. The molecule has 1 N–H and O–H groups in total. The number of anilines is 2. The summed E-state index contributed by atoms with van der Waals surface area (Å²) in [7, 11) is 0. The zero-order chi connectivity index (χ0) is 16.8. The van der Waals surface area contributed by atoms with Gasteiger partial charge in [-0.2, -0.15) is 0 Å². The van der Waals surface area contributed by atoms with E-state index < -0.39 is 5.60 Å². The molecule has 1 atom stereocenters. The van der Waals surface area contributed by atoms with Crippen molar-refractivity contribution in [2.24, 2.45) is 0 Å². The van der Waals surface area contributed by atoms with Gasteiger partial charge in [-0.15, -0.1) is 0 Å². The molecule has 124 valence electrons. The fourth-order valence-corrected chi connectivity index (χ4v) is 2.85. The van der Waals surface area contributed by atoms with Gasteiger partial charge in [-0.05, 0) is 58.2 Å². The molecule has 2 aliphatic rings. The summed E-state index contributed by atoms with van der Waals surface area (Å²) < 4.78 is 5.43. The van der Waals surface area contributed by atoms with Crippen LogP contribution < -0.4 is 10.2 Å². The first-order valence-corrected chi connectivity index (χ1v) is 8.27. The zero-order valence-corrected chi connectivity index (χ0v) is 14.2. The first kappa shape index (κ1) is 15.8. The Morgan fingerprint density at radius 2 is 2.04 bits per heavy atom. The zero-order valence-electron chi connectivity index (χ0n) is 14.2. The van der Waals surface area contributed by atoms with E-state index in [9.17, 15) is 9.59 Å². The molecule has 0 radical (unpaired) electrons. The third-order valence-corrected chi connectivity index (χ3v) is 4.08. The quantitative estimate of drug-likeness (QED) is 0.869. The summed E-state index contributed by atoms with van der Waals surface area (Å²) >= 11 is 0. The number of amides is 1. The highest BCUT2D eigenvalue weighted by Crippen LogP contribution is 2.40. The third kappa shape index (κ3) is 3.19. The van der Waals surface area contributed by atoms with Crippen molar-refractivity contribution in [3.8, 4) is 0 Å². The van der Waals surface area contributed by atoms with E-state index in [0.29, 0.717) is 11.6 Å². The Kier molecular flexibility index (Phi) is 3.82. The Morgan fingerprint density at radius 1 is 1.35 bits per heavy atom. The molecule has 5 heteroatoms. The van der Waals surface area contributed by atoms with Gasteiger partial charge in [0.2, 0.25) is 5.91 Å². The molecule has 0 aromatic heterocycles. The molecular formula is C18H24N2O3.